The van der Waals surface area contributed by atoms with E-state index in [0.29, 0.717) is 17.1 Å². The smallest absolute Gasteiger partial charge is 0.231 e. The van der Waals surface area contributed by atoms with E-state index in [0.717, 1.165) is 0 Å². The summed E-state index contributed by atoms with van der Waals surface area (Å²) in [5.41, 5.74) is 0.540. The van der Waals surface area contributed by atoms with Gasteiger partial charge in [-0.25, -0.2) is 0 Å². The third-order valence-electron chi connectivity index (χ3n) is 7.92. The molecule has 2 fully saturated rings. The standard InChI is InChI=1S/C29H32O16/c1-38-27-18-14(6-15-26(27)42-10-41-15)39-8-13(19(18)31)11-2-4-12(5-3-11)43-29-25(37)23(35)21(33)17(45-29)9-40-28-24(36)22(34)20(32)16(7-30)44-28/h2-6,8,16-17,20-25,28-30,32-37H,7,9-10H2,1H3. The van der Waals surface area contributed by atoms with E-state index in [-0.39, 0.29) is 40.3 Å². The van der Waals surface area contributed by atoms with Crippen molar-refractivity contribution in [2.75, 3.05) is 27.1 Å². The molecule has 0 saturated carbocycles. The van der Waals surface area contributed by atoms with Crippen LogP contribution in [0.4, 0.5) is 0 Å². The lowest BCUT2D eigenvalue weighted by Gasteiger charge is -2.42. The number of aliphatic hydroxyl groups is 7. The maximum absolute atomic E-state index is 13.5. The Morgan fingerprint density at radius 1 is 0.844 bits per heavy atom. The zero-order valence-electron chi connectivity index (χ0n) is 23.7. The third-order valence-corrected chi connectivity index (χ3v) is 7.92. The number of hydrogen-bond donors (Lipinski definition) is 7. The molecule has 10 unspecified atom stereocenters. The van der Waals surface area contributed by atoms with Crippen LogP contribution in [0.3, 0.4) is 0 Å². The van der Waals surface area contributed by atoms with Gasteiger partial charge in [0.25, 0.3) is 0 Å². The minimum Gasteiger partial charge on any atom is -0.492 e. The number of aliphatic hydroxyl groups excluding tert-OH is 7. The van der Waals surface area contributed by atoms with Crippen molar-refractivity contribution >= 4 is 11.0 Å². The second-order valence-electron chi connectivity index (χ2n) is 10.7. The van der Waals surface area contributed by atoms with Crippen molar-refractivity contribution < 1.29 is 73.3 Å². The van der Waals surface area contributed by atoms with Crippen LogP contribution < -0.4 is 24.4 Å². The van der Waals surface area contributed by atoms with E-state index in [4.69, 9.17) is 37.6 Å². The number of benzene rings is 2. The topological polar surface area (TPSA) is 236 Å². The molecule has 2 saturated heterocycles. The molecule has 244 valence electrons. The fourth-order valence-corrected chi connectivity index (χ4v) is 5.40. The Bertz CT molecular complexity index is 1560. The number of fused-ring (bicyclic) bond motifs is 2. The van der Waals surface area contributed by atoms with Gasteiger partial charge in [0.2, 0.25) is 24.3 Å². The number of ether oxygens (including phenoxy) is 7. The average Bonchev–Trinajstić information content (AvgIpc) is 3.52. The first kappa shape index (κ1) is 31.4. The molecule has 16 nitrogen and oxygen atoms in total. The lowest BCUT2D eigenvalue weighted by molar-refractivity contribution is -0.323. The molecule has 3 aliphatic heterocycles. The first-order valence-corrected chi connectivity index (χ1v) is 13.9. The molecule has 45 heavy (non-hydrogen) atoms. The van der Waals surface area contributed by atoms with Crippen LogP contribution in [0, 0.1) is 0 Å². The molecule has 0 radical (unpaired) electrons. The maximum Gasteiger partial charge on any atom is 0.231 e. The Morgan fingerprint density at radius 3 is 2.20 bits per heavy atom. The summed E-state index contributed by atoms with van der Waals surface area (Å²) in [6.07, 6.45) is -14.2. The summed E-state index contributed by atoms with van der Waals surface area (Å²) in [7, 11) is 1.40. The molecule has 16 heteroatoms. The van der Waals surface area contributed by atoms with Crippen molar-refractivity contribution in [2.45, 2.75) is 61.4 Å². The predicted octanol–water partition coefficient (Wildman–Crippen LogP) is -1.80. The summed E-state index contributed by atoms with van der Waals surface area (Å²) in [6.45, 7) is -1.20. The van der Waals surface area contributed by atoms with Crippen LogP contribution in [0.2, 0.25) is 0 Å². The number of hydrogen-bond acceptors (Lipinski definition) is 16. The molecule has 6 rings (SSSR count). The monoisotopic (exact) mass is 636 g/mol. The van der Waals surface area contributed by atoms with Gasteiger partial charge >= 0.3 is 0 Å². The van der Waals surface area contributed by atoms with E-state index in [1.54, 1.807) is 18.2 Å². The summed E-state index contributed by atoms with van der Waals surface area (Å²) in [5, 5.41) is 71.1. The quantitative estimate of drug-likeness (QED) is 0.144. The lowest BCUT2D eigenvalue weighted by atomic mass is 9.98. The number of rotatable bonds is 8. The molecule has 3 aromatic rings. The van der Waals surface area contributed by atoms with Gasteiger partial charge in [-0.05, 0) is 17.7 Å². The summed E-state index contributed by atoms with van der Waals surface area (Å²) in [5.74, 6) is 1.05. The van der Waals surface area contributed by atoms with Crippen LogP contribution in [0.5, 0.6) is 23.0 Å². The molecular formula is C29H32O16. The van der Waals surface area contributed by atoms with Crippen LogP contribution in [-0.2, 0) is 14.2 Å². The van der Waals surface area contributed by atoms with Crippen LogP contribution in [-0.4, -0.2) is 124 Å². The van der Waals surface area contributed by atoms with Gasteiger partial charge < -0.3 is 73.3 Å². The lowest BCUT2D eigenvalue weighted by Crippen LogP contribution is -2.62. The van der Waals surface area contributed by atoms with Gasteiger partial charge in [-0.1, -0.05) is 12.1 Å². The fourth-order valence-electron chi connectivity index (χ4n) is 5.40. The molecule has 1 aromatic heterocycles. The van der Waals surface area contributed by atoms with Gasteiger partial charge in [-0.2, -0.15) is 0 Å². The Hall–Kier alpha value is -3.55. The molecule has 4 heterocycles. The van der Waals surface area contributed by atoms with E-state index in [9.17, 15) is 40.5 Å². The summed E-state index contributed by atoms with van der Waals surface area (Å²) in [4.78, 5) is 13.5. The second kappa shape index (κ2) is 12.7. The van der Waals surface area contributed by atoms with E-state index < -0.39 is 74.6 Å². The highest BCUT2D eigenvalue weighted by atomic mass is 16.7. The van der Waals surface area contributed by atoms with Crippen molar-refractivity contribution in [2.24, 2.45) is 0 Å². The molecule has 0 bridgehead atoms. The second-order valence-corrected chi connectivity index (χ2v) is 10.7. The van der Waals surface area contributed by atoms with E-state index >= 15 is 0 Å². The molecular weight excluding hydrogens is 604 g/mol. The van der Waals surface area contributed by atoms with Crippen molar-refractivity contribution in [1.82, 2.24) is 0 Å². The van der Waals surface area contributed by atoms with Gasteiger partial charge in [0.15, 0.2) is 17.8 Å². The summed E-state index contributed by atoms with van der Waals surface area (Å²) < 4.78 is 44.1. The highest BCUT2D eigenvalue weighted by Gasteiger charge is 2.48. The first-order chi connectivity index (χ1) is 21.6. The fraction of sp³-hybridized carbons (Fsp3) is 0.483. The van der Waals surface area contributed by atoms with Crippen molar-refractivity contribution in [3.8, 4) is 34.1 Å². The highest BCUT2D eigenvalue weighted by Crippen LogP contribution is 2.45. The Kier molecular flexibility index (Phi) is 8.86. The molecule has 0 amide bonds. The normalized spacial score (nSPS) is 32.9. The van der Waals surface area contributed by atoms with Gasteiger partial charge in [-0.15, -0.1) is 0 Å². The first-order valence-electron chi connectivity index (χ1n) is 13.9. The van der Waals surface area contributed by atoms with Crippen LogP contribution in [0.1, 0.15) is 0 Å². The van der Waals surface area contributed by atoms with E-state index in [1.165, 1.54) is 25.5 Å². The molecule has 0 spiro atoms. The Balaban J connectivity index is 1.16. The van der Waals surface area contributed by atoms with Gasteiger partial charge in [0.05, 0.1) is 25.9 Å². The highest BCUT2D eigenvalue weighted by molar-refractivity contribution is 5.91. The summed E-state index contributed by atoms with van der Waals surface area (Å²) >= 11 is 0. The zero-order chi connectivity index (χ0) is 32.0. The minimum atomic E-state index is -1.72. The maximum atomic E-state index is 13.5. The Morgan fingerprint density at radius 2 is 1.51 bits per heavy atom. The molecule has 0 aliphatic carbocycles. The largest absolute Gasteiger partial charge is 0.492 e. The van der Waals surface area contributed by atoms with E-state index in [2.05, 4.69) is 0 Å². The number of methoxy groups -OCH3 is 1. The molecule has 2 aromatic carbocycles. The predicted molar refractivity (Wildman–Crippen MR) is 148 cm³/mol. The molecule has 3 aliphatic rings. The SMILES string of the molecule is COc1c2c(cc3occ(-c4ccc(OC5OC(COC6OC(CO)C(O)C(O)C6O)C(O)C(O)C5O)cc4)c(=O)c13)OCO2. The van der Waals surface area contributed by atoms with Crippen molar-refractivity contribution in [3.63, 3.8) is 0 Å². The van der Waals surface area contributed by atoms with E-state index in [1.807, 2.05) is 0 Å². The molecule has 10 atom stereocenters. The third kappa shape index (κ3) is 5.70. The van der Waals surface area contributed by atoms with Crippen LogP contribution in [0.15, 0.2) is 45.8 Å². The van der Waals surface area contributed by atoms with Crippen molar-refractivity contribution in [1.29, 1.82) is 0 Å². The van der Waals surface area contributed by atoms with Gasteiger partial charge in [0, 0.05) is 6.07 Å². The van der Waals surface area contributed by atoms with Crippen molar-refractivity contribution in [3.05, 3.63) is 46.8 Å². The Labute approximate surface area is 254 Å². The van der Waals surface area contributed by atoms with Crippen LogP contribution >= 0.6 is 0 Å². The molecule has 7 N–H and O–H groups in total. The summed E-state index contributed by atoms with van der Waals surface area (Å²) in [6, 6.07) is 7.65. The van der Waals surface area contributed by atoms with Gasteiger partial charge in [-0.3, -0.25) is 4.79 Å². The van der Waals surface area contributed by atoms with Crippen LogP contribution in [0.25, 0.3) is 22.1 Å². The minimum absolute atomic E-state index is 0.0219. The van der Waals surface area contributed by atoms with Gasteiger partial charge in [0.1, 0.15) is 71.8 Å². The average molecular weight is 637 g/mol. The zero-order valence-corrected chi connectivity index (χ0v) is 23.7.